The number of hydrogen-bond acceptors (Lipinski definition) is 3. The van der Waals surface area contributed by atoms with Gasteiger partial charge < -0.3 is 11.1 Å². The van der Waals surface area contributed by atoms with Crippen LogP contribution >= 0.6 is 0 Å². The number of aromatic nitrogens is 1. The van der Waals surface area contributed by atoms with Crippen LogP contribution in [0.15, 0.2) is 48.7 Å². The summed E-state index contributed by atoms with van der Waals surface area (Å²) in [5.41, 5.74) is 8.88. The summed E-state index contributed by atoms with van der Waals surface area (Å²) in [6.45, 7) is 2.85. The van der Waals surface area contributed by atoms with Crippen LogP contribution in [0.4, 0.5) is 5.69 Å². The molecular formula is C14H17N3. The molecule has 0 bridgehead atoms. The van der Waals surface area contributed by atoms with Crippen LogP contribution in [0.25, 0.3) is 0 Å². The lowest BCUT2D eigenvalue weighted by Crippen LogP contribution is -2.19. The lowest BCUT2D eigenvalue weighted by atomic mass is 10.1. The molecule has 17 heavy (non-hydrogen) atoms. The van der Waals surface area contributed by atoms with Gasteiger partial charge in [-0.25, -0.2) is 0 Å². The number of hydrogen-bond donors (Lipinski definition) is 2. The summed E-state index contributed by atoms with van der Waals surface area (Å²) < 4.78 is 0. The van der Waals surface area contributed by atoms with Crippen molar-refractivity contribution in [2.45, 2.75) is 19.5 Å². The lowest BCUT2D eigenvalue weighted by molar-refractivity contribution is 0.562. The van der Waals surface area contributed by atoms with Gasteiger partial charge in [0.25, 0.3) is 0 Å². The molecule has 0 saturated carbocycles. The van der Waals surface area contributed by atoms with Crippen LogP contribution in [0.3, 0.4) is 0 Å². The fourth-order valence-corrected chi connectivity index (χ4v) is 1.69. The Balaban J connectivity index is 1.97. The molecule has 0 aliphatic rings. The minimum absolute atomic E-state index is 0.218. The summed E-state index contributed by atoms with van der Waals surface area (Å²) in [6.07, 6.45) is 1.81. The molecule has 2 aromatic rings. The highest BCUT2D eigenvalue weighted by atomic mass is 14.9. The molecule has 3 N–H and O–H groups in total. The summed E-state index contributed by atoms with van der Waals surface area (Å²) >= 11 is 0. The molecule has 0 unspecified atom stereocenters. The van der Waals surface area contributed by atoms with Crippen molar-refractivity contribution < 1.29 is 0 Å². The Bertz CT molecular complexity index is 468. The average molecular weight is 227 g/mol. The maximum Gasteiger partial charge on any atom is 0.0570 e. The highest BCUT2D eigenvalue weighted by molar-refractivity contribution is 5.46. The van der Waals surface area contributed by atoms with Gasteiger partial charge in [0.1, 0.15) is 0 Å². The monoisotopic (exact) mass is 227 g/mol. The number of pyridine rings is 1. The van der Waals surface area contributed by atoms with Crippen LogP contribution in [-0.4, -0.2) is 4.98 Å². The zero-order chi connectivity index (χ0) is 12.1. The molecule has 1 heterocycles. The van der Waals surface area contributed by atoms with E-state index < -0.39 is 0 Å². The molecule has 0 fully saturated rings. The van der Waals surface area contributed by atoms with Crippen LogP contribution in [0.1, 0.15) is 24.2 Å². The molecule has 3 heteroatoms. The molecule has 88 valence electrons. The van der Waals surface area contributed by atoms with E-state index in [0.29, 0.717) is 0 Å². The third-order valence-corrected chi connectivity index (χ3v) is 2.79. The second kappa shape index (κ2) is 5.46. The van der Waals surface area contributed by atoms with Crippen molar-refractivity contribution in [3.8, 4) is 0 Å². The third kappa shape index (κ3) is 3.04. The van der Waals surface area contributed by atoms with Crippen molar-refractivity contribution in [3.63, 3.8) is 0 Å². The maximum absolute atomic E-state index is 5.89. The number of nitrogens with one attached hydrogen (secondary N) is 1. The molecule has 0 aliphatic heterocycles. The highest BCUT2D eigenvalue weighted by Crippen LogP contribution is 2.13. The van der Waals surface area contributed by atoms with Crippen LogP contribution in [0, 0.1) is 0 Å². The second-order valence-electron chi connectivity index (χ2n) is 4.06. The molecule has 1 aromatic carbocycles. The maximum atomic E-state index is 5.89. The Morgan fingerprint density at radius 2 is 1.94 bits per heavy atom. The van der Waals surface area contributed by atoms with Gasteiger partial charge in [0.05, 0.1) is 5.69 Å². The fourth-order valence-electron chi connectivity index (χ4n) is 1.69. The normalized spacial score (nSPS) is 12.3. The Hall–Kier alpha value is -1.87. The van der Waals surface area contributed by atoms with Gasteiger partial charge in [-0.15, -0.1) is 0 Å². The molecular weight excluding hydrogens is 210 g/mol. The van der Waals surface area contributed by atoms with Crippen LogP contribution in [-0.2, 0) is 6.54 Å². The Morgan fingerprint density at radius 3 is 2.65 bits per heavy atom. The minimum Gasteiger partial charge on any atom is -0.398 e. The average Bonchev–Trinajstić information content (AvgIpc) is 2.38. The van der Waals surface area contributed by atoms with E-state index in [1.54, 1.807) is 0 Å². The van der Waals surface area contributed by atoms with Crippen LogP contribution < -0.4 is 11.1 Å². The summed E-state index contributed by atoms with van der Waals surface area (Å²) in [4.78, 5) is 4.32. The van der Waals surface area contributed by atoms with Gasteiger partial charge in [0, 0.05) is 24.5 Å². The van der Waals surface area contributed by atoms with Crippen molar-refractivity contribution in [3.05, 3.63) is 59.9 Å². The largest absolute Gasteiger partial charge is 0.398 e. The third-order valence-electron chi connectivity index (χ3n) is 2.79. The van der Waals surface area contributed by atoms with E-state index in [1.165, 1.54) is 0 Å². The molecule has 2 rings (SSSR count). The van der Waals surface area contributed by atoms with E-state index in [4.69, 9.17) is 5.73 Å². The Kier molecular flexibility index (Phi) is 3.73. The van der Waals surface area contributed by atoms with E-state index in [-0.39, 0.29) is 6.04 Å². The summed E-state index contributed by atoms with van der Waals surface area (Å²) in [5, 5.41) is 3.41. The topological polar surface area (TPSA) is 50.9 Å². The van der Waals surface area contributed by atoms with E-state index in [1.807, 2.05) is 48.7 Å². The molecule has 1 atom stereocenters. The van der Waals surface area contributed by atoms with Crippen molar-refractivity contribution >= 4 is 5.69 Å². The van der Waals surface area contributed by atoms with Gasteiger partial charge in [0.2, 0.25) is 0 Å². The van der Waals surface area contributed by atoms with E-state index in [9.17, 15) is 0 Å². The summed E-state index contributed by atoms with van der Waals surface area (Å²) in [7, 11) is 0. The first kappa shape index (κ1) is 11.6. The molecule has 0 radical (unpaired) electrons. The number of anilines is 1. The Morgan fingerprint density at radius 1 is 1.18 bits per heavy atom. The van der Waals surface area contributed by atoms with Crippen molar-refractivity contribution in [1.82, 2.24) is 10.3 Å². The lowest BCUT2D eigenvalue weighted by Gasteiger charge is -2.14. The SMILES string of the molecule is C[C@@H](NCc1ccccc1N)c1ccccn1. The summed E-state index contributed by atoms with van der Waals surface area (Å²) in [6, 6.07) is 14.1. The van der Waals surface area contributed by atoms with Gasteiger partial charge in [-0.1, -0.05) is 24.3 Å². The number of nitrogens with zero attached hydrogens (tertiary/aromatic N) is 1. The van der Waals surface area contributed by atoms with Crippen LogP contribution in [0.5, 0.6) is 0 Å². The van der Waals surface area contributed by atoms with Gasteiger partial charge in [-0.05, 0) is 30.7 Å². The molecule has 0 amide bonds. The Labute approximate surface area is 102 Å². The second-order valence-corrected chi connectivity index (χ2v) is 4.06. The standard InChI is InChI=1S/C14H17N3/c1-11(14-8-4-5-9-16-14)17-10-12-6-2-3-7-13(12)15/h2-9,11,17H,10,15H2,1H3/t11-/m1/s1. The number of benzene rings is 1. The van der Waals surface area contributed by atoms with E-state index >= 15 is 0 Å². The first-order chi connectivity index (χ1) is 8.27. The first-order valence-corrected chi connectivity index (χ1v) is 5.75. The zero-order valence-electron chi connectivity index (χ0n) is 9.93. The smallest absolute Gasteiger partial charge is 0.0570 e. The van der Waals surface area contributed by atoms with Gasteiger partial charge >= 0.3 is 0 Å². The molecule has 1 aromatic heterocycles. The van der Waals surface area contributed by atoms with Gasteiger partial charge in [0.15, 0.2) is 0 Å². The predicted octanol–water partition coefficient (Wildman–Crippen LogP) is 2.51. The molecule has 0 saturated heterocycles. The number of para-hydroxylation sites is 1. The molecule has 3 nitrogen and oxygen atoms in total. The number of rotatable bonds is 4. The zero-order valence-corrected chi connectivity index (χ0v) is 9.93. The van der Waals surface area contributed by atoms with Crippen LogP contribution in [0.2, 0.25) is 0 Å². The fraction of sp³-hybridized carbons (Fsp3) is 0.214. The number of nitrogens with two attached hydrogens (primary N) is 1. The molecule has 0 aliphatic carbocycles. The van der Waals surface area contributed by atoms with Crippen molar-refractivity contribution in [1.29, 1.82) is 0 Å². The van der Waals surface area contributed by atoms with E-state index in [2.05, 4.69) is 17.2 Å². The summed E-state index contributed by atoms with van der Waals surface area (Å²) in [5.74, 6) is 0. The van der Waals surface area contributed by atoms with E-state index in [0.717, 1.165) is 23.5 Å². The van der Waals surface area contributed by atoms with Crippen molar-refractivity contribution in [2.24, 2.45) is 0 Å². The van der Waals surface area contributed by atoms with Gasteiger partial charge in [-0.2, -0.15) is 0 Å². The molecule has 0 spiro atoms. The first-order valence-electron chi connectivity index (χ1n) is 5.75. The highest BCUT2D eigenvalue weighted by Gasteiger charge is 2.06. The van der Waals surface area contributed by atoms with Crippen molar-refractivity contribution in [2.75, 3.05) is 5.73 Å². The quantitative estimate of drug-likeness (QED) is 0.789. The van der Waals surface area contributed by atoms with Gasteiger partial charge in [-0.3, -0.25) is 4.98 Å². The predicted molar refractivity (Wildman–Crippen MR) is 70.3 cm³/mol. The number of nitrogen functional groups attached to an aromatic ring is 1. The minimum atomic E-state index is 0.218.